The van der Waals surface area contributed by atoms with Crippen LogP contribution >= 0.6 is 11.6 Å². The van der Waals surface area contributed by atoms with E-state index in [2.05, 4.69) is 10.2 Å². The van der Waals surface area contributed by atoms with Crippen molar-refractivity contribution in [3.05, 3.63) is 59.1 Å². The van der Waals surface area contributed by atoms with Crippen LogP contribution < -0.4 is 10.1 Å². The monoisotopic (exact) mass is 401 g/mol. The first-order valence-corrected chi connectivity index (χ1v) is 9.64. The Morgan fingerprint density at radius 2 is 1.71 bits per heavy atom. The van der Waals surface area contributed by atoms with Crippen molar-refractivity contribution in [2.24, 2.45) is 0 Å². The summed E-state index contributed by atoms with van der Waals surface area (Å²) in [5.74, 6) is 0.611. The van der Waals surface area contributed by atoms with E-state index in [1.807, 2.05) is 29.2 Å². The Morgan fingerprint density at radius 3 is 2.39 bits per heavy atom. The molecule has 148 valence electrons. The molecule has 1 fully saturated rings. The average Bonchev–Trinajstić information content (AvgIpc) is 2.73. The molecule has 0 unspecified atom stereocenters. The molecule has 2 amide bonds. The molecule has 1 aliphatic heterocycles. The number of hydrogen-bond acceptors (Lipinski definition) is 4. The summed E-state index contributed by atoms with van der Waals surface area (Å²) in [5.41, 5.74) is 1.32. The molecule has 0 radical (unpaired) electrons. The molecular weight excluding hydrogens is 378 g/mol. The molecule has 1 heterocycles. The van der Waals surface area contributed by atoms with Gasteiger partial charge in [0.2, 0.25) is 5.91 Å². The van der Waals surface area contributed by atoms with Crippen molar-refractivity contribution in [3.63, 3.8) is 0 Å². The van der Waals surface area contributed by atoms with E-state index in [0.29, 0.717) is 48.1 Å². The number of halogens is 1. The number of piperazine rings is 1. The predicted octanol–water partition coefficient (Wildman–Crippen LogP) is 3.14. The maximum absolute atomic E-state index is 12.5. The molecule has 1 N–H and O–H groups in total. The first kappa shape index (κ1) is 20.2. The van der Waals surface area contributed by atoms with Crippen molar-refractivity contribution in [1.29, 1.82) is 0 Å². The molecule has 0 aromatic heterocycles. The molecule has 0 aliphatic carbocycles. The number of nitrogens with zero attached hydrogens (tertiary/aromatic N) is 2. The van der Waals surface area contributed by atoms with Gasteiger partial charge in [0.15, 0.2) is 0 Å². The lowest BCUT2D eigenvalue weighted by Crippen LogP contribution is -2.49. The van der Waals surface area contributed by atoms with Crippen molar-refractivity contribution in [2.75, 3.05) is 45.2 Å². The first-order valence-electron chi connectivity index (χ1n) is 9.27. The smallest absolute Gasteiger partial charge is 0.253 e. The normalized spacial score (nSPS) is 14.6. The van der Waals surface area contributed by atoms with Crippen LogP contribution in [0.25, 0.3) is 0 Å². The van der Waals surface area contributed by atoms with E-state index in [1.54, 1.807) is 31.4 Å². The molecular formula is C21H24ClN3O3. The summed E-state index contributed by atoms with van der Waals surface area (Å²) in [6.07, 6.45) is 0.392. The zero-order valence-electron chi connectivity index (χ0n) is 15.9. The Kier molecular flexibility index (Phi) is 6.90. The maximum atomic E-state index is 12.5. The highest BCUT2D eigenvalue weighted by atomic mass is 35.5. The van der Waals surface area contributed by atoms with Gasteiger partial charge in [-0.2, -0.15) is 0 Å². The highest BCUT2D eigenvalue weighted by Gasteiger charge is 2.22. The van der Waals surface area contributed by atoms with Crippen LogP contribution in [0.15, 0.2) is 48.5 Å². The number of hydrogen-bond donors (Lipinski definition) is 1. The number of anilines is 1. The molecule has 3 rings (SSSR count). The second kappa shape index (κ2) is 9.57. The van der Waals surface area contributed by atoms with E-state index in [0.717, 1.165) is 13.1 Å². The van der Waals surface area contributed by atoms with Crippen LogP contribution in [0.3, 0.4) is 0 Å². The number of carbonyl (C=O) groups is 2. The summed E-state index contributed by atoms with van der Waals surface area (Å²) in [4.78, 5) is 28.8. The fourth-order valence-electron chi connectivity index (χ4n) is 3.17. The Hall–Kier alpha value is -2.57. The van der Waals surface area contributed by atoms with Crippen molar-refractivity contribution < 1.29 is 14.3 Å². The largest absolute Gasteiger partial charge is 0.495 e. The van der Waals surface area contributed by atoms with Crippen molar-refractivity contribution in [2.45, 2.75) is 6.42 Å². The third-order valence-corrected chi connectivity index (χ3v) is 5.04. The van der Waals surface area contributed by atoms with Crippen LogP contribution in [0.5, 0.6) is 5.75 Å². The molecule has 6 nitrogen and oxygen atoms in total. The van der Waals surface area contributed by atoms with Gasteiger partial charge in [-0.1, -0.05) is 23.7 Å². The zero-order chi connectivity index (χ0) is 19.9. The van der Waals surface area contributed by atoms with Crippen molar-refractivity contribution in [1.82, 2.24) is 9.80 Å². The number of carbonyl (C=O) groups excluding carboxylic acids is 2. The van der Waals surface area contributed by atoms with Gasteiger partial charge < -0.3 is 15.0 Å². The standard InChI is InChI=1S/C21H24ClN3O3/c1-28-19-5-3-2-4-18(19)23-20(26)10-11-24-12-14-25(15-13-24)21(27)16-6-8-17(22)9-7-16/h2-9H,10-15H2,1H3,(H,23,26). The first-order chi connectivity index (χ1) is 13.6. The van der Waals surface area contributed by atoms with Gasteiger partial charge in [0.1, 0.15) is 5.75 Å². The van der Waals surface area contributed by atoms with Gasteiger partial charge >= 0.3 is 0 Å². The van der Waals surface area contributed by atoms with E-state index in [-0.39, 0.29) is 11.8 Å². The minimum absolute atomic E-state index is 0.0187. The molecule has 2 aromatic carbocycles. The van der Waals surface area contributed by atoms with Crippen LogP contribution in [0.4, 0.5) is 5.69 Å². The lowest BCUT2D eigenvalue weighted by Gasteiger charge is -2.34. The van der Waals surface area contributed by atoms with Gasteiger partial charge in [0, 0.05) is 49.7 Å². The molecule has 7 heteroatoms. The Balaban J connectivity index is 1.43. The van der Waals surface area contributed by atoms with E-state index in [4.69, 9.17) is 16.3 Å². The summed E-state index contributed by atoms with van der Waals surface area (Å²) >= 11 is 5.88. The maximum Gasteiger partial charge on any atom is 0.253 e. The van der Waals surface area contributed by atoms with Gasteiger partial charge in [-0.25, -0.2) is 0 Å². The number of rotatable bonds is 6. The zero-order valence-corrected chi connectivity index (χ0v) is 16.6. The highest BCUT2D eigenvalue weighted by Crippen LogP contribution is 2.23. The van der Waals surface area contributed by atoms with Crippen LogP contribution in [-0.4, -0.2) is 61.4 Å². The third kappa shape index (κ3) is 5.24. The van der Waals surface area contributed by atoms with Crippen LogP contribution in [0, 0.1) is 0 Å². The number of nitrogens with one attached hydrogen (secondary N) is 1. The van der Waals surface area contributed by atoms with Gasteiger partial charge in [-0.05, 0) is 36.4 Å². The van der Waals surface area contributed by atoms with Gasteiger partial charge in [0.05, 0.1) is 12.8 Å². The number of amides is 2. The topological polar surface area (TPSA) is 61.9 Å². The summed E-state index contributed by atoms with van der Waals surface area (Å²) in [5, 5.41) is 3.51. The van der Waals surface area contributed by atoms with E-state index < -0.39 is 0 Å². The SMILES string of the molecule is COc1ccccc1NC(=O)CCN1CCN(C(=O)c2ccc(Cl)cc2)CC1. The van der Waals surface area contributed by atoms with Crippen molar-refractivity contribution >= 4 is 29.1 Å². The summed E-state index contributed by atoms with van der Waals surface area (Å²) in [7, 11) is 1.58. The van der Waals surface area contributed by atoms with Crippen LogP contribution in [0.1, 0.15) is 16.8 Å². The quantitative estimate of drug-likeness (QED) is 0.807. The van der Waals surface area contributed by atoms with E-state index in [9.17, 15) is 9.59 Å². The minimum atomic E-state index is -0.0517. The number of benzene rings is 2. The van der Waals surface area contributed by atoms with E-state index >= 15 is 0 Å². The molecule has 0 atom stereocenters. The Bertz CT molecular complexity index is 818. The molecule has 0 bridgehead atoms. The van der Waals surface area contributed by atoms with E-state index in [1.165, 1.54) is 0 Å². The highest BCUT2D eigenvalue weighted by molar-refractivity contribution is 6.30. The molecule has 28 heavy (non-hydrogen) atoms. The number of methoxy groups -OCH3 is 1. The fourth-order valence-corrected chi connectivity index (χ4v) is 3.30. The minimum Gasteiger partial charge on any atom is -0.495 e. The summed E-state index contributed by atoms with van der Waals surface area (Å²) < 4.78 is 5.25. The predicted molar refractivity (Wildman–Crippen MR) is 110 cm³/mol. The van der Waals surface area contributed by atoms with Gasteiger partial charge in [0.25, 0.3) is 5.91 Å². The lowest BCUT2D eigenvalue weighted by molar-refractivity contribution is -0.116. The Labute approximate surface area is 170 Å². The van der Waals surface area contributed by atoms with Gasteiger partial charge in [-0.3, -0.25) is 14.5 Å². The van der Waals surface area contributed by atoms with Crippen LogP contribution in [-0.2, 0) is 4.79 Å². The van der Waals surface area contributed by atoms with Crippen LogP contribution in [0.2, 0.25) is 5.02 Å². The molecule has 1 saturated heterocycles. The third-order valence-electron chi connectivity index (χ3n) is 4.79. The molecule has 0 spiro atoms. The van der Waals surface area contributed by atoms with Crippen molar-refractivity contribution in [3.8, 4) is 5.75 Å². The second-order valence-corrected chi connectivity index (χ2v) is 7.08. The Morgan fingerprint density at radius 1 is 1.04 bits per heavy atom. The molecule has 1 aliphatic rings. The molecule has 2 aromatic rings. The summed E-state index contributed by atoms with van der Waals surface area (Å²) in [6.45, 7) is 3.46. The summed E-state index contributed by atoms with van der Waals surface area (Å²) in [6, 6.07) is 14.3. The second-order valence-electron chi connectivity index (χ2n) is 6.64. The number of ether oxygens (including phenoxy) is 1. The lowest BCUT2D eigenvalue weighted by atomic mass is 10.2. The molecule has 0 saturated carbocycles. The van der Waals surface area contributed by atoms with Gasteiger partial charge in [-0.15, -0.1) is 0 Å². The fraction of sp³-hybridized carbons (Fsp3) is 0.333. The average molecular weight is 402 g/mol. The number of para-hydroxylation sites is 2.